The summed E-state index contributed by atoms with van der Waals surface area (Å²) in [4.78, 5) is 25.3. The molecule has 6 nitrogen and oxygen atoms in total. The van der Waals surface area contributed by atoms with E-state index in [9.17, 15) is 9.59 Å². The Morgan fingerprint density at radius 2 is 1.05 bits per heavy atom. The van der Waals surface area contributed by atoms with Crippen LogP contribution in [0.15, 0.2) is 97.1 Å². The second-order valence-electron chi connectivity index (χ2n) is 11.0. The number of rotatable bonds is 12. The first kappa shape index (κ1) is 30.4. The van der Waals surface area contributed by atoms with Crippen LogP contribution in [0.4, 0.5) is 11.4 Å². The molecule has 0 aliphatic carbocycles. The summed E-state index contributed by atoms with van der Waals surface area (Å²) in [6, 6.07) is 29.1. The number of hydrogen-bond donors (Lipinski definition) is 2. The zero-order valence-electron chi connectivity index (χ0n) is 24.6. The van der Waals surface area contributed by atoms with Gasteiger partial charge in [0.05, 0.1) is 11.1 Å². The lowest BCUT2D eigenvalue weighted by molar-refractivity contribution is 0.0725. The van der Waals surface area contributed by atoms with E-state index in [-0.39, 0.29) is 5.41 Å². The first-order valence-corrected chi connectivity index (χ1v) is 14.6. The summed E-state index contributed by atoms with van der Waals surface area (Å²) in [5.74, 6) is 0.606. The molecule has 0 saturated heterocycles. The highest BCUT2D eigenvalue weighted by molar-refractivity contribution is 5.92. The van der Waals surface area contributed by atoms with E-state index in [0.717, 1.165) is 43.2 Å². The Morgan fingerprint density at radius 3 is 1.40 bits per heavy atom. The first-order valence-electron chi connectivity index (χ1n) is 14.6. The van der Waals surface area contributed by atoms with Crippen molar-refractivity contribution in [3.8, 4) is 11.5 Å². The van der Waals surface area contributed by atoms with E-state index in [0.29, 0.717) is 39.9 Å². The van der Waals surface area contributed by atoms with Gasteiger partial charge in [0.1, 0.15) is 11.5 Å². The Kier molecular flexibility index (Phi) is 10.0. The van der Waals surface area contributed by atoms with E-state index >= 15 is 0 Å². The molecule has 0 amide bonds. The maximum atomic E-state index is 12.7. The van der Waals surface area contributed by atoms with Crippen LogP contribution in [-0.2, 0) is 5.41 Å². The molecule has 0 heterocycles. The van der Waals surface area contributed by atoms with E-state index in [1.54, 1.807) is 48.5 Å². The van der Waals surface area contributed by atoms with Crippen molar-refractivity contribution in [2.24, 2.45) is 5.92 Å². The predicted molar refractivity (Wildman–Crippen MR) is 169 cm³/mol. The molecule has 218 valence electrons. The monoisotopic (exact) mass is 564 g/mol. The average molecular weight is 565 g/mol. The average Bonchev–Trinajstić information content (AvgIpc) is 2.98. The van der Waals surface area contributed by atoms with Crippen molar-refractivity contribution in [1.82, 2.24) is 0 Å². The van der Waals surface area contributed by atoms with Gasteiger partial charge in [0.2, 0.25) is 0 Å². The van der Waals surface area contributed by atoms with Gasteiger partial charge in [0.25, 0.3) is 0 Å². The molecule has 0 aliphatic heterocycles. The molecule has 0 radical (unpaired) electrons. The quantitative estimate of drug-likeness (QED) is 0.102. The summed E-state index contributed by atoms with van der Waals surface area (Å²) in [5, 5.41) is 0. The van der Waals surface area contributed by atoms with Crippen LogP contribution in [-0.4, -0.2) is 11.9 Å². The minimum Gasteiger partial charge on any atom is -0.423 e. The molecule has 0 bridgehead atoms. The number of carbonyl (C=O) groups excluding carboxylic acids is 2. The van der Waals surface area contributed by atoms with Gasteiger partial charge in [-0.1, -0.05) is 64.3 Å². The summed E-state index contributed by atoms with van der Waals surface area (Å²) < 4.78 is 11.3. The van der Waals surface area contributed by atoms with E-state index < -0.39 is 11.9 Å². The van der Waals surface area contributed by atoms with Gasteiger partial charge in [-0.2, -0.15) is 0 Å². The number of nitrogens with two attached hydrogens (primary N) is 2. The van der Waals surface area contributed by atoms with Gasteiger partial charge in [0, 0.05) is 16.8 Å². The van der Waals surface area contributed by atoms with Crippen LogP contribution in [0.1, 0.15) is 84.7 Å². The SMILES string of the molecule is CCCC(C)CC(CCC)(c1ccc(OC(=O)c2ccc(N)cc2)cc1)c1ccc(OC(=O)c2ccc(N)cc2)cc1. The lowest BCUT2D eigenvalue weighted by Crippen LogP contribution is -2.30. The van der Waals surface area contributed by atoms with E-state index in [2.05, 4.69) is 45.0 Å². The van der Waals surface area contributed by atoms with Crippen molar-refractivity contribution in [2.75, 3.05) is 11.5 Å². The van der Waals surface area contributed by atoms with Gasteiger partial charge in [-0.15, -0.1) is 0 Å². The van der Waals surface area contributed by atoms with Crippen LogP contribution in [0, 0.1) is 5.92 Å². The standard InChI is InChI=1S/C36H40N2O4/c1-4-6-25(3)24-36(23-5-2,28-11-19-32(20-12-28)41-34(39)26-7-15-30(37)16-8-26)29-13-21-33(22-14-29)42-35(40)27-9-17-31(38)18-10-27/h7-22,25H,4-6,23-24,37-38H2,1-3H3. The summed E-state index contributed by atoms with van der Waals surface area (Å²) in [7, 11) is 0. The van der Waals surface area contributed by atoms with Crippen LogP contribution < -0.4 is 20.9 Å². The fourth-order valence-electron chi connectivity index (χ4n) is 5.66. The highest BCUT2D eigenvalue weighted by Crippen LogP contribution is 2.44. The summed E-state index contributed by atoms with van der Waals surface area (Å²) in [5.41, 5.74) is 15.6. The van der Waals surface area contributed by atoms with Crippen molar-refractivity contribution in [1.29, 1.82) is 0 Å². The van der Waals surface area contributed by atoms with E-state index in [1.807, 2.05) is 24.3 Å². The molecule has 4 rings (SSSR count). The minimum absolute atomic E-state index is 0.262. The summed E-state index contributed by atoms with van der Waals surface area (Å²) in [6.45, 7) is 6.72. The topological polar surface area (TPSA) is 105 Å². The Balaban J connectivity index is 1.61. The highest BCUT2D eigenvalue weighted by atomic mass is 16.5. The first-order chi connectivity index (χ1) is 20.2. The molecule has 1 unspecified atom stereocenters. The number of hydrogen-bond acceptors (Lipinski definition) is 6. The second kappa shape index (κ2) is 13.9. The smallest absolute Gasteiger partial charge is 0.343 e. The molecule has 0 saturated carbocycles. The molecule has 0 aromatic heterocycles. The van der Waals surface area contributed by atoms with Gasteiger partial charge >= 0.3 is 11.9 Å². The fraction of sp³-hybridized carbons (Fsp3) is 0.278. The van der Waals surface area contributed by atoms with Crippen molar-refractivity contribution < 1.29 is 19.1 Å². The number of ether oxygens (including phenoxy) is 2. The Bertz CT molecular complexity index is 1360. The van der Waals surface area contributed by atoms with Crippen molar-refractivity contribution in [3.05, 3.63) is 119 Å². The van der Waals surface area contributed by atoms with Crippen LogP contribution in [0.3, 0.4) is 0 Å². The molecular weight excluding hydrogens is 524 g/mol. The number of carbonyl (C=O) groups is 2. The molecule has 42 heavy (non-hydrogen) atoms. The third-order valence-electron chi connectivity index (χ3n) is 7.68. The third kappa shape index (κ3) is 7.38. The summed E-state index contributed by atoms with van der Waals surface area (Å²) in [6.07, 6.45) is 5.13. The zero-order valence-corrected chi connectivity index (χ0v) is 24.6. The molecule has 4 aromatic carbocycles. The maximum Gasteiger partial charge on any atom is 0.343 e. The van der Waals surface area contributed by atoms with Gasteiger partial charge < -0.3 is 20.9 Å². The number of esters is 2. The molecular formula is C36H40N2O4. The van der Waals surface area contributed by atoms with Gasteiger partial charge in [-0.25, -0.2) is 9.59 Å². The lowest BCUT2D eigenvalue weighted by atomic mass is 9.66. The molecule has 1 atom stereocenters. The highest BCUT2D eigenvalue weighted by Gasteiger charge is 2.35. The molecule has 0 fully saturated rings. The van der Waals surface area contributed by atoms with E-state index in [1.165, 1.54) is 0 Å². The number of anilines is 2. The van der Waals surface area contributed by atoms with Crippen molar-refractivity contribution in [2.45, 2.75) is 58.3 Å². The third-order valence-corrected chi connectivity index (χ3v) is 7.68. The van der Waals surface area contributed by atoms with Crippen LogP contribution in [0.25, 0.3) is 0 Å². The second-order valence-corrected chi connectivity index (χ2v) is 11.0. The number of benzene rings is 4. The zero-order chi connectivity index (χ0) is 30.1. The van der Waals surface area contributed by atoms with E-state index in [4.69, 9.17) is 20.9 Å². The fourth-order valence-corrected chi connectivity index (χ4v) is 5.66. The summed E-state index contributed by atoms with van der Waals surface area (Å²) >= 11 is 0. The Hall–Kier alpha value is -4.58. The number of nitrogen functional groups attached to an aromatic ring is 2. The van der Waals surface area contributed by atoms with Gasteiger partial charge in [-0.3, -0.25) is 0 Å². The van der Waals surface area contributed by atoms with Crippen LogP contribution in [0.5, 0.6) is 11.5 Å². The van der Waals surface area contributed by atoms with Crippen molar-refractivity contribution in [3.63, 3.8) is 0 Å². The Morgan fingerprint density at radius 1 is 0.643 bits per heavy atom. The van der Waals surface area contributed by atoms with Gasteiger partial charge in [0.15, 0.2) is 0 Å². The van der Waals surface area contributed by atoms with Crippen LogP contribution >= 0.6 is 0 Å². The molecule has 0 spiro atoms. The molecule has 4 aromatic rings. The van der Waals surface area contributed by atoms with Crippen LogP contribution in [0.2, 0.25) is 0 Å². The Labute approximate surface area is 248 Å². The van der Waals surface area contributed by atoms with Crippen molar-refractivity contribution >= 4 is 23.3 Å². The predicted octanol–water partition coefficient (Wildman–Crippen LogP) is 8.20. The minimum atomic E-state index is -0.428. The largest absolute Gasteiger partial charge is 0.423 e. The molecule has 4 N–H and O–H groups in total. The lowest BCUT2D eigenvalue weighted by Gasteiger charge is -2.38. The molecule has 6 heteroatoms. The maximum absolute atomic E-state index is 12.7. The van der Waals surface area contributed by atoms with Gasteiger partial charge in [-0.05, 0) is 103 Å². The molecule has 0 aliphatic rings. The normalized spacial score (nSPS) is 12.0.